The van der Waals surface area contributed by atoms with E-state index in [9.17, 15) is 19.1 Å². The van der Waals surface area contributed by atoms with Gasteiger partial charge in [-0.3, -0.25) is 14.5 Å². The lowest BCUT2D eigenvalue weighted by atomic mass is 9.94. The second-order valence-corrected chi connectivity index (χ2v) is 12.8. The first-order valence-corrected chi connectivity index (χ1v) is 16.2. The Balaban J connectivity index is 1.38. The van der Waals surface area contributed by atoms with Crippen molar-refractivity contribution in [2.45, 2.75) is 55.3 Å². The number of carbonyl (C=O) groups is 2. The second kappa shape index (κ2) is 12.8. The smallest absolute Gasteiger partial charge is 0.301 e. The van der Waals surface area contributed by atoms with Crippen molar-refractivity contribution in [3.8, 4) is 11.5 Å². The quantitative estimate of drug-likeness (QED) is 0.0494. The maximum Gasteiger partial charge on any atom is 0.301 e. The molecule has 44 heavy (non-hydrogen) atoms. The number of Topliss-reactive ketones (excluding diaryl/α,β-unsaturated/α-hetero) is 1. The summed E-state index contributed by atoms with van der Waals surface area (Å²) in [5.74, 6) is -0.347. The van der Waals surface area contributed by atoms with Crippen LogP contribution < -0.4 is 14.4 Å². The molecule has 0 bridgehead atoms. The number of aromatic nitrogens is 2. The number of halogens is 1. The molecular weight excluding hydrogens is 602 g/mol. The van der Waals surface area contributed by atoms with Crippen LogP contribution in [0.2, 0.25) is 0 Å². The van der Waals surface area contributed by atoms with Crippen molar-refractivity contribution < 1.29 is 28.6 Å². The lowest BCUT2D eigenvalue weighted by Crippen LogP contribution is -2.29. The number of aliphatic hydroxyl groups is 1. The van der Waals surface area contributed by atoms with E-state index in [-0.39, 0.29) is 28.4 Å². The molecule has 0 aliphatic carbocycles. The predicted octanol–water partition coefficient (Wildman–Crippen LogP) is 7.10. The molecule has 0 unspecified atom stereocenters. The number of anilines is 1. The molecule has 11 heteroatoms. The number of thioether (sulfide) groups is 1. The summed E-state index contributed by atoms with van der Waals surface area (Å²) in [6.07, 6.45) is 2.54. The van der Waals surface area contributed by atoms with E-state index in [4.69, 9.17) is 9.47 Å². The molecule has 4 aromatic rings. The fraction of sp³-hybridized carbons (Fsp3) is 0.273. The minimum atomic E-state index is -0.962. The van der Waals surface area contributed by atoms with E-state index in [2.05, 4.69) is 17.1 Å². The number of ketones is 1. The number of fused-ring (bicyclic) bond motifs is 1. The molecule has 1 aromatic heterocycles. The van der Waals surface area contributed by atoms with Crippen LogP contribution in [0.1, 0.15) is 55.0 Å². The normalized spacial score (nSPS) is 18.8. The number of nitrogens with zero attached hydrogens (tertiary/aromatic N) is 3. The molecule has 3 aromatic carbocycles. The predicted molar refractivity (Wildman–Crippen MR) is 168 cm³/mol. The van der Waals surface area contributed by atoms with Crippen LogP contribution in [-0.4, -0.2) is 39.7 Å². The lowest BCUT2D eigenvalue weighted by Gasteiger charge is -2.23. The van der Waals surface area contributed by atoms with Crippen molar-refractivity contribution in [1.82, 2.24) is 10.2 Å². The first-order valence-electron chi connectivity index (χ1n) is 14.4. The highest BCUT2D eigenvalue weighted by atomic mass is 32.2. The molecule has 0 radical (unpaired) electrons. The van der Waals surface area contributed by atoms with Crippen molar-refractivity contribution in [2.75, 3.05) is 11.5 Å². The molecule has 2 aliphatic heterocycles. The number of amides is 1. The highest BCUT2D eigenvalue weighted by Crippen LogP contribution is 2.45. The number of aliphatic hydroxyl groups excluding tert-OH is 1. The minimum absolute atomic E-state index is 0.0101. The van der Waals surface area contributed by atoms with Gasteiger partial charge >= 0.3 is 5.91 Å². The molecular formula is C33H30FN3O5S2. The highest BCUT2D eigenvalue weighted by Gasteiger charge is 2.48. The Labute approximate surface area is 262 Å². The van der Waals surface area contributed by atoms with Crippen molar-refractivity contribution in [2.24, 2.45) is 0 Å². The monoisotopic (exact) mass is 631 g/mol. The van der Waals surface area contributed by atoms with Gasteiger partial charge in [0.2, 0.25) is 5.13 Å². The van der Waals surface area contributed by atoms with Crippen LogP contribution in [0.15, 0.2) is 76.6 Å². The van der Waals surface area contributed by atoms with E-state index in [1.807, 2.05) is 13.0 Å². The highest BCUT2D eigenvalue weighted by molar-refractivity contribution is 8.00. The topological polar surface area (TPSA) is 102 Å². The molecule has 0 saturated carbocycles. The summed E-state index contributed by atoms with van der Waals surface area (Å²) in [5.41, 5.74) is 2.80. The Hall–Kier alpha value is -4.22. The molecule has 1 saturated heterocycles. The average Bonchev–Trinajstić information content (AvgIpc) is 3.71. The van der Waals surface area contributed by atoms with E-state index in [1.54, 1.807) is 48.5 Å². The van der Waals surface area contributed by atoms with Crippen LogP contribution >= 0.6 is 23.1 Å². The van der Waals surface area contributed by atoms with Crippen molar-refractivity contribution in [3.05, 3.63) is 100 Å². The number of carbonyl (C=O) groups excluding carboxylic acids is 2. The largest absolute Gasteiger partial charge is 0.507 e. The van der Waals surface area contributed by atoms with Gasteiger partial charge in [-0.15, -0.1) is 10.2 Å². The Kier molecular flexibility index (Phi) is 8.67. The van der Waals surface area contributed by atoms with Gasteiger partial charge in [0.1, 0.15) is 29.2 Å². The van der Waals surface area contributed by atoms with Crippen LogP contribution in [0.3, 0.4) is 0 Å². The zero-order chi connectivity index (χ0) is 30.8. The number of ether oxygens (including phenoxy) is 2. The first kappa shape index (κ1) is 29.8. The van der Waals surface area contributed by atoms with Crippen molar-refractivity contribution in [1.29, 1.82) is 0 Å². The Bertz CT molecular complexity index is 1740. The number of hydrogen-bond acceptors (Lipinski definition) is 9. The summed E-state index contributed by atoms with van der Waals surface area (Å²) in [5, 5.41) is 20.4. The fourth-order valence-electron chi connectivity index (χ4n) is 5.26. The van der Waals surface area contributed by atoms with Gasteiger partial charge in [0.05, 0.1) is 18.2 Å². The summed E-state index contributed by atoms with van der Waals surface area (Å²) in [7, 11) is 0. The van der Waals surface area contributed by atoms with Crippen LogP contribution in [0, 0.1) is 5.82 Å². The van der Waals surface area contributed by atoms with Gasteiger partial charge < -0.3 is 14.6 Å². The maximum atomic E-state index is 13.7. The van der Waals surface area contributed by atoms with Crippen LogP contribution in [-0.2, 0) is 21.8 Å². The maximum absolute atomic E-state index is 13.7. The summed E-state index contributed by atoms with van der Waals surface area (Å²) >= 11 is 2.56. The van der Waals surface area contributed by atoms with Gasteiger partial charge in [-0.25, -0.2) is 4.39 Å². The molecule has 1 fully saturated rings. The molecule has 226 valence electrons. The SMILES string of the molecule is CCCCOc1cccc([C@H]2/C(=C(\O)c3ccc4c(c3)C[C@@H](C)O4)C(=O)C(=O)N2c2nnc(SCc3ccc(F)cc3)s2)c1. The van der Waals surface area contributed by atoms with Crippen molar-refractivity contribution >= 4 is 45.7 Å². The third-order valence-corrected chi connectivity index (χ3v) is 9.56. The van der Waals surface area contributed by atoms with E-state index in [0.29, 0.717) is 40.0 Å². The van der Waals surface area contributed by atoms with Crippen LogP contribution in [0.5, 0.6) is 11.5 Å². The van der Waals surface area contributed by atoms with Crippen molar-refractivity contribution in [3.63, 3.8) is 0 Å². The van der Waals surface area contributed by atoms with Gasteiger partial charge in [0.25, 0.3) is 5.78 Å². The summed E-state index contributed by atoms with van der Waals surface area (Å²) in [4.78, 5) is 28.6. The average molecular weight is 632 g/mol. The number of benzene rings is 3. The molecule has 2 aliphatic rings. The second-order valence-electron chi connectivity index (χ2n) is 10.7. The molecule has 0 spiro atoms. The summed E-state index contributed by atoms with van der Waals surface area (Å²) in [6.45, 7) is 4.57. The van der Waals surface area contributed by atoms with Gasteiger partial charge in [0, 0.05) is 17.7 Å². The van der Waals surface area contributed by atoms with Gasteiger partial charge in [-0.1, -0.05) is 60.7 Å². The Morgan fingerprint density at radius 2 is 1.95 bits per heavy atom. The summed E-state index contributed by atoms with van der Waals surface area (Å²) in [6, 6.07) is 17.7. The number of rotatable bonds is 10. The van der Waals surface area contributed by atoms with Crippen LogP contribution in [0.4, 0.5) is 9.52 Å². The molecule has 1 amide bonds. The van der Waals surface area contributed by atoms with Gasteiger partial charge in [-0.05, 0) is 72.5 Å². The fourth-order valence-corrected chi connectivity index (χ4v) is 7.09. The van der Waals surface area contributed by atoms with Gasteiger partial charge in [-0.2, -0.15) is 0 Å². The number of hydrogen-bond donors (Lipinski definition) is 1. The Morgan fingerprint density at radius 1 is 1.14 bits per heavy atom. The van der Waals surface area contributed by atoms with Crippen LogP contribution in [0.25, 0.3) is 5.76 Å². The molecule has 3 heterocycles. The zero-order valence-corrected chi connectivity index (χ0v) is 25.8. The molecule has 6 rings (SSSR count). The lowest BCUT2D eigenvalue weighted by molar-refractivity contribution is -0.132. The van der Waals surface area contributed by atoms with E-state index < -0.39 is 17.7 Å². The number of unbranched alkanes of at least 4 members (excludes halogenated alkanes) is 1. The molecule has 2 atom stereocenters. The molecule has 1 N–H and O–H groups in total. The standard InChI is InChI=1S/C33H30FN3O5S2/c1-3-4-14-41-25-7-5-6-21(17-25)28-27(29(38)22-10-13-26-23(16-22)15-19(2)42-26)30(39)31(40)37(28)32-35-36-33(44-32)43-18-20-8-11-24(34)12-9-20/h5-13,16-17,19,28,38H,3-4,14-15,18H2,1-2H3/b29-27+/t19-,28+/m1/s1. The Morgan fingerprint density at radius 3 is 2.75 bits per heavy atom. The minimum Gasteiger partial charge on any atom is -0.507 e. The third kappa shape index (κ3) is 6.07. The van der Waals surface area contributed by atoms with E-state index >= 15 is 0 Å². The zero-order valence-electron chi connectivity index (χ0n) is 24.2. The third-order valence-electron chi connectivity index (χ3n) is 7.43. The first-order chi connectivity index (χ1) is 21.3. The van der Waals surface area contributed by atoms with Gasteiger partial charge in [0.15, 0.2) is 4.34 Å². The molecule has 8 nitrogen and oxygen atoms in total. The summed E-state index contributed by atoms with van der Waals surface area (Å²) < 4.78 is 25.6. The van der Waals surface area contributed by atoms with E-state index in [0.717, 1.165) is 29.7 Å². The van der Waals surface area contributed by atoms with E-state index in [1.165, 1.54) is 40.1 Å².